The van der Waals surface area contributed by atoms with Crippen LogP contribution in [-0.4, -0.2) is 47.4 Å². The van der Waals surface area contributed by atoms with E-state index < -0.39 is 27.6 Å². The third-order valence-corrected chi connectivity index (χ3v) is 6.99. The molecule has 1 unspecified atom stereocenters. The molecule has 4 rings (SSSR count). The van der Waals surface area contributed by atoms with Gasteiger partial charge in [0.05, 0.1) is 11.4 Å². The largest absolute Gasteiger partial charge is 0.367 e. The topological polar surface area (TPSA) is 108 Å². The number of fused-ring (bicyclic) bond motifs is 2. The van der Waals surface area contributed by atoms with E-state index in [9.17, 15) is 13.2 Å². The summed E-state index contributed by atoms with van der Waals surface area (Å²) in [4.78, 5) is 16.3. The Morgan fingerprint density at radius 2 is 1.92 bits per heavy atom. The summed E-state index contributed by atoms with van der Waals surface area (Å²) in [6.45, 7) is 0.906. The number of imidazole rings is 1. The summed E-state index contributed by atoms with van der Waals surface area (Å²) >= 11 is 0. The lowest BCUT2D eigenvalue weighted by molar-refractivity contribution is -0.168. The number of primary amides is 1. The number of rotatable bonds is 3. The molecule has 1 aromatic carbocycles. The molecule has 1 amide bonds. The Morgan fingerprint density at radius 1 is 1.23 bits per heavy atom. The highest BCUT2D eigenvalue weighted by molar-refractivity contribution is 7.89. The zero-order valence-corrected chi connectivity index (χ0v) is 14.9. The molecule has 0 bridgehead atoms. The molecule has 0 radical (unpaired) electrons. The molecule has 1 aromatic heterocycles. The van der Waals surface area contributed by atoms with Gasteiger partial charge in [-0.1, -0.05) is 18.2 Å². The van der Waals surface area contributed by atoms with E-state index in [4.69, 9.17) is 10.5 Å². The Kier molecular flexibility index (Phi) is 4.09. The van der Waals surface area contributed by atoms with Crippen LogP contribution in [0.5, 0.6) is 0 Å². The lowest BCUT2D eigenvalue weighted by atomic mass is 9.89. The summed E-state index contributed by atoms with van der Waals surface area (Å²) in [5, 5.41) is 0. The summed E-state index contributed by atoms with van der Waals surface area (Å²) < 4.78 is 35.0. The van der Waals surface area contributed by atoms with Crippen LogP contribution in [0.3, 0.4) is 0 Å². The lowest BCUT2D eigenvalue weighted by Gasteiger charge is -2.44. The molecule has 2 aliphatic heterocycles. The summed E-state index contributed by atoms with van der Waals surface area (Å²) in [5.74, 6) is 0.204. The standard InChI is InChI=1S/C17H20N4O4S/c18-15(22)14-12-20-11-8-19-16(20)17(25-14)6-9-21(10-7-17)26(23,24)13-4-2-1-3-5-13/h1-5,8,11,14H,6-7,9-10,12H2,(H2,18,22). The minimum atomic E-state index is -3.55. The number of amides is 1. The van der Waals surface area contributed by atoms with Crippen molar-refractivity contribution in [1.29, 1.82) is 0 Å². The highest BCUT2D eigenvalue weighted by Crippen LogP contribution is 2.41. The predicted molar refractivity (Wildman–Crippen MR) is 92.4 cm³/mol. The molecule has 1 atom stereocenters. The fourth-order valence-corrected chi connectivity index (χ4v) is 5.18. The summed E-state index contributed by atoms with van der Waals surface area (Å²) in [5.41, 5.74) is 4.66. The van der Waals surface area contributed by atoms with Crippen LogP contribution in [0.1, 0.15) is 18.7 Å². The Labute approximate surface area is 151 Å². The van der Waals surface area contributed by atoms with Crippen LogP contribution in [0, 0.1) is 0 Å². The van der Waals surface area contributed by atoms with Crippen molar-refractivity contribution in [3.8, 4) is 0 Å². The number of nitrogens with two attached hydrogens (primary N) is 1. The molecule has 2 aliphatic rings. The van der Waals surface area contributed by atoms with Crippen molar-refractivity contribution in [2.45, 2.75) is 36.0 Å². The first kappa shape index (κ1) is 17.2. The second-order valence-corrected chi connectivity index (χ2v) is 8.56. The zero-order chi connectivity index (χ0) is 18.4. The van der Waals surface area contributed by atoms with Crippen molar-refractivity contribution >= 4 is 15.9 Å². The number of nitrogens with zero attached hydrogens (tertiary/aromatic N) is 3. The van der Waals surface area contributed by atoms with Crippen LogP contribution in [-0.2, 0) is 31.7 Å². The van der Waals surface area contributed by atoms with Gasteiger partial charge in [-0.05, 0) is 25.0 Å². The molecule has 1 saturated heterocycles. The number of carbonyl (C=O) groups is 1. The van der Waals surface area contributed by atoms with Gasteiger partial charge in [0, 0.05) is 25.5 Å². The van der Waals surface area contributed by atoms with Crippen LogP contribution in [0.15, 0.2) is 47.6 Å². The lowest BCUT2D eigenvalue weighted by Crippen LogP contribution is -2.54. The number of piperidine rings is 1. The zero-order valence-electron chi connectivity index (χ0n) is 14.1. The molecule has 2 aromatic rings. The summed E-state index contributed by atoms with van der Waals surface area (Å²) in [7, 11) is -3.55. The van der Waals surface area contributed by atoms with Crippen molar-refractivity contribution in [2.75, 3.05) is 13.1 Å². The highest BCUT2D eigenvalue weighted by Gasteiger charge is 2.48. The Hall–Kier alpha value is -2.23. The number of ether oxygens (including phenoxy) is 1. The second-order valence-electron chi connectivity index (χ2n) is 6.62. The van der Waals surface area contributed by atoms with Gasteiger partial charge in [-0.25, -0.2) is 13.4 Å². The summed E-state index contributed by atoms with van der Waals surface area (Å²) in [6, 6.07) is 8.37. The molecule has 138 valence electrons. The minimum absolute atomic E-state index is 0.275. The predicted octanol–water partition coefficient (Wildman–Crippen LogP) is 0.447. The fraction of sp³-hybridized carbons (Fsp3) is 0.412. The van der Waals surface area contributed by atoms with Crippen LogP contribution < -0.4 is 5.73 Å². The quantitative estimate of drug-likeness (QED) is 0.837. The number of hydrogen-bond acceptors (Lipinski definition) is 5. The average molecular weight is 376 g/mol. The van der Waals surface area contributed by atoms with Crippen molar-refractivity contribution in [3.05, 3.63) is 48.5 Å². The maximum absolute atomic E-state index is 12.8. The van der Waals surface area contributed by atoms with E-state index >= 15 is 0 Å². The van der Waals surface area contributed by atoms with Crippen molar-refractivity contribution in [1.82, 2.24) is 13.9 Å². The van der Waals surface area contributed by atoms with Crippen LogP contribution in [0.4, 0.5) is 0 Å². The van der Waals surface area contributed by atoms with Gasteiger partial charge in [0.25, 0.3) is 0 Å². The van der Waals surface area contributed by atoms with Gasteiger partial charge < -0.3 is 15.0 Å². The molecule has 1 spiro atoms. The fourth-order valence-electron chi connectivity index (χ4n) is 3.72. The Morgan fingerprint density at radius 3 is 2.58 bits per heavy atom. The number of hydrogen-bond donors (Lipinski definition) is 1. The molecular weight excluding hydrogens is 356 g/mol. The van der Waals surface area contributed by atoms with Gasteiger partial charge in [0.1, 0.15) is 11.4 Å². The van der Waals surface area contributed by atoms with Crippen molar-refractivity contribution < 1.29 is 17.9 Å². The van der Waals surface area contributed by atoms with Gasteiger partial charge in [0.15, 0.2) is 6.10 Å². The Bertz CT molecular complexity index is 917. The van der Waals surface area contributed by atoms with E-state index in [2.05, 4.69) is 4.98 Å². The van der Waals surface area contributed by atoms with E-state index in [1.54, 1.807) is 42.7 Å². The molecule has 3 heterocycles. The number of carbonyl (C=O) groups excluding carboxylic acids is 1. The molecule has 0 aliphatic carbocycles. The molecular formula is C17H20N4O4S. The minimum Gasteiger partial charge on any atom is -0.367 e. The third-order valence-electron chi connectivity index (χ3n) is 5.08. The van der Waals surface area contributed by atoms with E-state index in [0.29, 0.717) is 19.4 Å². The van der Waals surface area contributed by atoms with E-state index in [1.807, 2.05) is 4.57 Å². The van der Waals surface area contributed by atoms with E-state index in [-0.39, 0.29) is 18.0 Å². The first-order valence-electron chi connectivity index (χ1n) is 8.46. The third kappa shape index (κ3) is 2.72. The SMILES string of the molecule is NC(=O)C1Cn2ccnc2C2(CCN(S(=O)(=O)c3ccccc3)CC2)O1. The molecule has 8 nitrogen and oxygen atoms in total. The Balaban J connectivity index is 1.59. The summed E-state index contributed by atoms with van der Waals surface area (Å²) in [6.07, 6.45) is 3.55. The van der Waals surface area contributed by atoms with Gasteiger partial charge in [-0.3, -0.25) is 4.79 Å². The van der Waals surface area contributed by atoms with Crippen molar-refractivity contribution in [3.63, 3.8) is 0 Å². The van der Waals surface area contributed by atoms with Crippen LogP contribution >= 0.6 is 0 Å². The maximum Gasteiger partial charge on any atom is 0.248 e. The molecule has 0 saturated carbocycles. The van der Waals surface area contributed by atoms with Crippen LogP contribution in [0.2, 0.25) is 0 Å². The smallest absolute Gasteiger partial charge is 0.248 e. The second kappa shape index (κ2) is 6.19. The monoisotopic (exact) mass is 376 g/mol. The van der Waals surface area contributed by atoms with Gasteiger partial charge >= 0.3 is 0 Å². The molecule has 26 heavy (non-hydrogen) atoms. The van der Waals surface area contributed by atoms with E-state index in [1.165, 1.54) is 4.31 Å². The first-order valence-corrected chi connectivity index (χ1v) is 9.90. The van der Waals surface area contributed by atoms with Crippen molar-refractivity contribution in [2.24, 2.45) is 5.73 Å². The maximum atomic E-state index is 12.8. The number of sulfonamides is 1. The normalized spacial score (nSPS) is 22.8. The van der Waals surface area contributed by atoms with Crippen LogP contribution in [0.25, 0.3) is 0 Å². The van der Waals surface area contributed by atoms with E-state index in [0.717, 1.165) is 5.82 Å². The highest BCUT2D eigenvalue weighted by atomic mass is 32.2. The number of benzene rings is 1. The van der Waals surface area contributed by atoms with Gasteiger partial charge in [0.2, 0.25) is 15.9 Å². The molecule has 2 N–H and O–H groups in total. The molecule has 9 heteroatoms. The average Bonchev–Trinajstić information content (AvgIpc) is 3.12. The van der Waals surface area contributed by atoms with Gasteiger partial charge in [-0.15, -0.1) is 0 Å². The first-order chi connectivity index (χ1) is 12.4. The molecule has 1 fully saturated rings. The van der Waals surface area contributed by atoms with Gasteiger partial charge in [-0.2, -0.15) is 4.31 Å². The number of aromatic nitrogens is 2.